The third-order valence-electron chi connectivity index (χ3n) is 2.70. The van der Waals surface area contributed by atoms with Crippen LogP contribution in [0, 0.1) is 13.8 Å². The van der Waals surface area contributed by atoms with Gasteiger partial charge in [-0.15, -0.1) is 0 Å². The largest absolute Gasteiger partial charge is 2.00 e. The van der Waals surface area contributed by atoms with Crippen molar-refractivity contribution in [2.24, 2.45) is 0 Å². The van der Waals surface area contributed by atoms with Crippen molar-refractivity contribution in [1.82, 2.24) is 0 Å². The topological polar surface area (TPSA) is 0 Å². The van der Waals surface area contributed by atoms with E-state index in [1.807, 2.05) is 0 Å². The van der Waals surface area contributed by atoms with Crippen LogP contribution < -0.4 is 0 Å². The van der Waals surface area contributed by atoms with Gasteiger partial charge in [-0.05, 0) is 0 Å². The van der Waals surface area contributed by atoms with E-state index < -0.39 is 0 Å². The molecule has 0 heterocycles. The van der Waals surface area contributed by atoms with Crippen LogP contribution in [0.5, 0.6) is 0 Å². The van der Waals surface area contributed by atoms with Gasteiger partial charge >= 0.3 is 23.9 Å². The second kappa shape index (κ2) is 49.5. The Labute approximate surface area is 178 Å². The molecule has 0 aromatic heterocycles. The van der Waals surface area contributed by atoms with Gasteiger partial charge in [0, 0.05) is 0 Å². The van der Waals surface area contributed by atoms with Gasteiger partial charge in [-0.25, -0.2) is 0 Å². The monoisotopic (exact) mass is 468 g/mol. The van der Waals surface area contributed by atoms with Crippen LogP contribution in [0.2, 0.25) is 0 Å². The number of hydrogen-bond donors (Lipinski definition) is 0. The minimum absolute atomic E-state index is 0. The zero-order chi connectivity index (χ0) is 17.9. The molecule has 0 fully saturated rings. The summed E-state index contributed by atoms with van der Waals surface area (Å²) in [6.45, 7) is 15.9. The van der Waals surface area contributed by atoms with E-state index in [1.165, 1.54) is 64.2 Å². The van der Waals surface area contributed by atoms with Gasteiger partial charge in [0.1, 0.15) is 0 Å². The molecule has 0 saturated carbocycles. The predicted octanol–water partition coefficient (Wildman–Crippen LogP) is 7.09. The van der Waals surface area contributed by atoms with Crippen molar-refractivity contribution in [3.63, 3.8) is 0 Å². The molecule has 0 N–H and O–H groups in total. The fourth-order valence-electron chi connectivity index (χ4n) is 1.06. The summed E-state index contributed by atoms with van der Waals surface area (Å²) in [5.74, 6) is 1.89. The molecular formula is C20H44S2Sn. The number of rotatable bonds is 10. The Morgan fingerprint density at radius 2 is 0.783 bits per heavy atom. The minimum Gasteiger partial charge on any atom is -0.793 e. The summed E-state index contributed by atoms with van der Waals surface area (Å²) in [6.07, 6.45) is 15.0. The van der Waals surface area contributed by atoms with Crippen LogP contribution in [0.4, 0.5) is 0 Å². The fourth-order valence-corrected chi connectivity index (χ4v) is 1.47. The maximum atomic E-state index is 4.77. The average Bonchev–Trinajstić information content (AvgIpc) is 2.57. The number of hydrogen-bond acceptors (Lipinski definition) is 2. The van der Waals surface area contributed by atoms with E-state index in [4.69, 9.17) is 25.3 Å². The molecule has 140 valence electrons. The van der Waals surface area contributed by atoms with Crippen molar-refractivity contribution in [1.29, 1.82) is 0 Å². The molecular weight excluding hydrogens is 423 g/mol. The first-order valence-corrected chi connectivity index (χ1v) is 10.6. The van der Waals surface area contributed by atoms with Crippen LogP contribution in [-0.4, -0.2) is 35.4 Å². The van der Waals surface area contributed by atoms with Crippen LogP contribution in [-0.2, 0) is 25.3 Å². The minimum atomic E-state index is 0. The zero-order valence-electron chi connectivity index (χ0n) is 16.6. The Balaban J connectivity index is -0.0000000639. The van der Waals surface area contributed by atoms with Crippen molar-refractivity contribution < 1.29 is 0 Å². The van der Waals surface area contributed by atoms with Crippen molar-refractivity contribution in [2.75, 3.05) is 11.5 Å². The molecule has 4 radical (unpaired) electrons. The summed E-state index contributed by atoms with van der Waals surface area (Å²) in [6, 6.07) is 0. The number of unbranched alkanes of at least 4 members (excludes halogenated alkanes) is 8. The Kier molecular flexibility index (Phi) is 76.6. The molecule has 0 spiro atoms. The standard InChI is InChI=1S/2C6H14S.2C4H9.Sn/c2*1-2-3-4-5-6-7;2*1-3-4-2;/h2*7H,2-6H2,1H3;2*1,3-4H2,2H3;/q;;;;+2/p-2. The molecule has 0 rings (SSSR count). The molecule has 0 nitrogen and oxygen atoms in total. The molecule has 0 bridgehead atoms. The van der Waals surface area contributed by atoms with E-state index in [-0.39, 0.29) is 23.9 Å². The molecule has 23 heavy (non-hydrogen) atoms. The van der Waals surface area contributed by atoms with Crippen LogP contribution in [0.3, 0.4) is 0 Å². The van der Waals surface area contributed by atoms with Gasteiger partial charge in [0.25, 0.3) is 0 Å². The molecule has 0 aliphatic carbocycles. The maximum absolute atomic E-state index is 4.77. The molecule has 0 amide bonds. The molecule has 3 heteroatoms. The van der Waals surface area contributed by atoms with E-state index in [0.29, 0.717) is 0 Å². The Morgan fingerprint density at radius 1 is 0.522 bits per heavy atom. The molecule has 0 unspecified atom stereocenters. The van der Waals surface area contributed by atoms with E-state index in [0.717, 1.165) is 24.3 Å². The van der Waals surface area contributed by atoms with Gasteiger partial charge in [-0.2, -0.15) is 11.5 Å². The SMILES string of the molecule is CCCCCC[S-].CCCCCC[S-].[CH2]CCC.[CH2]CCC.[Sn+2]. The second-order valence-electron chi connectivity index (χ2n) is 5.24. The Bertz CT molecular complexity index is 96.2. The van der Waals surface area contributed by atoms with Gasteiger partial charge in [-0.1, -0.05) is 119 Å². The molecule has 0 aromatic rings. The summed E-state index contributed by atoms with van der Waals surface area (Å²) < 4.78 is 0. The molecule has 0 aliphatic rings. The average molecular weight is 467 g/mol. The summed E-state index contributed by atoms with van der Waals surface area (Å²) >= 11 is 9.53. The van der Waals surface area contributed by atoms with Crippen LogP contribution >= 0.6 is 0 Å². The van der Waals surface area contributed by atoms with Crippen molar-refractivity contribution in [3.8, 4) is 0 Å². The van der Waals surface area contributed by atoms with E-state index >= 15 is 0 Å². The van der Waals surface area contributed by atoms with Crippen molar-refractivity contribution >= 4 is 49.2 Å². The quantitative estimate of drug-likeness (QED) is 0.191. The zero-order valence-corrected chi connectivity index (χ0v) is 21.1. The third kappa shape index (κ3) is 82.1. The summed E-state index contributed by atoms with van der Waals surface area (Å²) in [5, 5.41) is 0. The van der Waals surface area contributed by atoms with Crippen molar-refractivity contribution in [2.45, 2.75) is 105 Å². The van der Waals surface area contributed by atoms with Crippen molar-refractivity contribution in [3.05, 3.63) is 13.8 Å². The third-order valence-corrected chi connectivity index (χ3v) is 3.28. The van der Waals surface area contributed by atoms with Crippen LogP contribution in [0.1, 0.15) is 105 Å². The van der Waals surface area contributed by atoms with Gasteiger partial charge in [-0.3, -0.25) is 0 Å². The molecule has 0 aromatic carbocycles. The predicted molar refractivity (Wildman–Crippen MR) is 119 cm³/mol. The summed E-state index contributed by atoms with van der Waals surface area (Å²) in [5.41, 5.74) is 0. The first-order valence-electron chi connectivity index (χ1n) is 9.41. The smallest absolute Gasteiger partial charge is 0.793 e. The van der Waals surface area contributed by atoms with Crippen LogP contribution in [0.15, 0.2) is 0 Å². The van der Waals surface area contributed by atoms with Gasteiger partial charge in [0.2, 0.25) is 0 Å². The first-order chi connectivity index (χ1) is 10.7. The molecule has 0 saturated heterocycles. The summed E-state index contributed by atoms with van der Waals surface area (Å²) in [7, 11) is 0. The maximum Gasteiger partial charge on any atom is 2.00 e. The molecule has 0 atom stereocenters. The Morgan fingerprint density at radius 3 is 0.913 bits per heavy atom. The van der Waals surface area contributed by atoms with Crippen LogP contribution in [0.25, 0.3) is 0 Å². The second-order valence-corrected chi connectivity index (χ2v) is 6.05. The van der Waals surface area contributed by atoms with Gasteiger partial charge < -0.3 is 25.3 Å². The van der Waals surface area contributed by atoms with Gasteiger partial charge in [0.15, 0.2) is 0 Å². The Hall–Kier alpha value is 1.50. The summed E-state index contributed by atoms with van der Waals surface area (Å²) in [4.78, 5) is 0. The van der Waals surface area contributed by atoms with Gasteiger partial charge in [0.05, 0.1) is 0 Å². The first kappa shape index (κ1) is 35.6. The molecule has 0 aliphatic heterocycles. The van der Waals surface area contributed by atoms with E-state index in [1.54, 1.807) is 0 Å². The normalized spacial score (nSPS) is 8.35. The van der Waals surface area contributed by atoms with E-state index in [2.05, 4.69) is 41.5 Å². The van der Waals surface area contributed by atoms with E-state index in [9.17, 15) is 0 Å². The fraction of sp³-hybridized carbons (Fsp3) is 0.900.